The fourth-order valence-electron chi connectivity index (χ4n) is 2.16. The average Bonchev–Trinajstić information content (AvgIpc) is 2.80. The van der Waals surface area contributed by atoms with Crippen molar-refractivity contribution in [1.29, 1.82) is 0 Å². The molecular weight excluding hydrogens is 278 g/mol. The number of nitrogens with zero attached hydrogens (tertiary/aromatic N) is 1. The lowest BCUT2D eigenvalue weighted by molar-refractivity contribution is 0.218. The van der Waals surface area contributed by atoms with Crippen LogP contribution in [0.25, 0.3) is 0 Å². The molecule has 0 saturated heterocycles. The summed E-state index contributed by atoms with van der Waals surface area (Å²) in [5, 5.41) is 10.3. The molecule has 2 aromatic rings. The highest BCUT2D eigenvalue weighted by Crippen LogP contribution is 2.20. The topological polar surface area (TPSA) is 33.1 Å². The van der Waals surface area contributed by atoms with Gasteiger partial charge in [-0.1, -0.05) is 23.7 Å². The van der Waals surface area contributed by atoms with E-state index in [4.69, 9.17) is 11.6 Å². The van der Waals surface area contributed by atoms with Crippen molar-refractivity contribution in [3.05, 3.63) is 50.9 Å². The summed E-state index contributed by atoms with van der Waals surface area (Å²) >= 11 is 7.68. The fraction of sp³-hybridized carbons (Fsp3) is 0.400. The largest absolute Gasteiger partial charge is 0.396 e. The number of aromatic nitrogens is 1. The molecular formula is C15H18ClNOS. The summed E-state index contributed by atoms with van der Waals surface area (Å²) in [6.07, 6.45) is 2.84. The molecule has 1 heterocycles. The Morgan fingerprint density at radius 3 is 2.89 bits per heavy atom. The number of aliphatic hydroxyl groups is 1. The molecule has 1 aromatic carbocycles. The number of hydrogen-bond acceptors (Lipinski definition) is 3. The summed E-state index contributed by atoms with van der Waals surface area (Å²) in [6, 6.07) is 7.87. The van der Waals surface area contributed by atoms with Crippen LogP contribution in [0, 0.1) is 12.8 Å². The van der Waals surface area contributed by atoms with Crippen LogP contribution >= 0.6 is 22.9 Å². The molecule has 0 fully saturated rings. The number of halogens is 1. The van der Waals surface area contributed by atoms with Crippen LogP contribution in [0.3, 0.4) is 0 Å². The Bertz CT molecular complexity index is 526. The first-order valence-electron chi connectivity index (χ1n) is 6.43. The number of rotatable bonds is 6. The molecule has 0 saturated carbocycles. The number of aryl methyl sites for hydroxylation is 2. The lowest BCUT2D eigenvalue weighted by Crippen LogP contribution is -2.11. The van der Waals surface area contributed by atoms with Crippen molar-refractivity contribution in [3.8, 4) is 0 Å². The quantitative estimate of drug-likeness (QED) is 0.877. The first kappa shape index (κ1) is 14.5. The van der Waals surface area contributed by atoms with Crippen molar-refractivity contribution in [2.24, 2.45) is 5.92 Å². The van der Waals surface area contributed by atoms with Gasteiger partial charge in [0.1, 0.15) is 0 Å². The molecule has 1 aromatic heterocycles. The van der Waals surface area contributed by atoms with Gasteiger partial charge in [-0.25, -0.2) is 4.98 Å². The van der Waals surface area contributed by atoms with Crippen molar-refractivity contribution < 1.29 is 5.11 Å². The Kier molecular flexibility index (Phi) is 5.37. The molecule has 1 atom stereocenters. The minimum Gasteiger partial charge on any atom is -0.396 e. The lowest BCUT2D eigenvalue weighted by Gasteiger charge is -2.14. The third kappa shape index (κ3) is 4.30. The normalized spacial score (nSPS) is 12.6. The summed E-state index contributed by atoms with van der Waals surface area (Å²) < 4.78 is 0. The van der Waals surface area contributed by atoms with E-state index in [1.165, 1.54) is 10.4 Å². The van der Waals surface area contributed by atoms with Crippen LogP contribution in [0.5, 0.6) is 0 Å². The average molecular weight is 296 g/mol. The summed E-state index contributed by atoms with van der Waals surface area (Å²) in [6.45, 7) is 2.25. The van der Waals surface area contributed by atoms with Gasteiger partial charge < -0.3 is 5.11 Å². The van der Waals surface area contributed by atoms with Crippen LogP contribution in [0.2, 0.25) is 5.02 Å². The summed E-state index contributed by atoms with van der Waals surface area (Å²) in [7, 11) is 0. The molecule has 0 bridgehead atoms. The molecule has 102 valence electrons. The SMILES string of the molecule is Cc1ncsc1CCC(CO)Cc1cccc(Cl)c1. The Labute approximate surface area is 123 Å². The molecule has 0 radical (unpaired) electrons. The van der Waals surface area contributed by atoms with Gasteiger partial charge in [0.25, 0.3) is 0 Å². The van der Waals surface area contributed by atoms with Crippen molar-refractivity contribution in [3.63, 3.8) is 0 Å². The van der Waals surface area contributed by atoms with Gasteiger partial charge in [0, 0.05) is 16.5 Å². The molecule has 0 aliphatic heterocycles. The van der Waals surface area contributed by atoms with Crippen LogP contribution in [0.15, 0.2) is 29.8 Å². The molecule has 1 unspecified atom stereocenters. The second-order valence-corrected chi connectivity index (χ2v) is 6.16. The van der Waals surface area contributed by atoms with Gasteiger partial charge in [0.05, 0.1) is 11.2 Å². The molecule has 0 amide bonds. The predicted molar refractivity (Wildman–Crippen MR) is 80.9 cm³/mol. The highest BCUT2D eigenvalue weighted by atomic mass is 35.5. The third-order valence-electron chi connectivity index (χ3n) is 3.30. The Balaban J connectivity index is 1.92. The monoisotopic (exact) mass is 295 g/mol. The van der Waals surface area contributed by atoms with Crippen molar-refractivity contribution in [2.75, 3.05) is 6.61 Å². The van der Waals surface area contributed by atoms with Gasteiger partial charge in [-0.2, -0.15) is 0 Å². The Hall–Kier alpha value is -0.900. The van der Waals surface area contributed by atoms with Crippen LogP contribution < -0.4 is 0 Å². The molecule has 1 N–H and O–H groups in total. The van der Waals surface area contributed by atoms with Gasteiger partial charge in [-0.05, 0) is 49.8 Å². The molecule has 0 aliphatic carbocycles. The van der Waals surface area contributed by atoms with Crippen LogP contribution in [0.4, 0.5) is 0 Å². The number of hydrogen-bond donors (Lipinski definition) is 1. The van der Waals surface area contributed by atoms with Crippen LogP contribution in [0.1, 0.15) is 22.6 Å². The highest BCUT2D eigenvalue weighted by Gasteiger charge is 2.11. The molecule has 0 aliphatic rings. The lowest BCUT2D eigenvalue weighted by atomic mass is 9.95. The standard InChI is InChI=1S/C15H18ClNOS/c1-11-15(19-10-17-11)6-5-13(9-18)7-12-3-2-4-14(16)8-12/h2-4,8,10,13,18H,5-7,9H2,1H3. The van der Waals surface area contributed by atoms with Gasteiger partial charge >= 0.3 is 0 Å². The second kappa shape index (κ2) is 7.04. The van der Waals surface area contributed by atoms with Crippen LogP contribution in [-0.4, -0.2) is 16.7 Å². The first-order valence-corrected chi connectivity index (χ1v) is 7.69. The van der Waals surface area contributed by atoms with Gasteiger partial charge in [-0.15, -0.1) is 11.3 Å². The van der Waals surface area contributed by atoms with Gasteiger partial charge in [-0.3, -0.25) is 0 Å². The van der Waals surface area contributed by atoms with E-state index in [1.807, 2.05) is 30.6 Å². The van der Waals surface area contributed by atoms with Crippen molar-refractivity contribution in [1.82, 2.24) is 4.98 Å². The molecule has 2 nitrogen and oxygen atoms in total. The zero-order chi connectivity index (χ0) is 13.7. The number of thiazole rings is 1. The zero-order valence-corrected chi connectivity index (χ0v) is 12.5. The maximum absolute atomic E-state index is 9.51. The van der Waals surface area contributed by atoms with E-state index in [9.17, 15) is 5.11 Å². The van der Waals surface area contributed by atoms with E-state index in [-0.39, 0.29) is 12.5 Å². The summed E-state index contributed by atoms with van der Waals surface area (Å²) in [5.41, 5.74) is 4.19. The van der Waals surface area contributed by atoms with E-state index in [1.54, 1.807) is 11.3 Å². The van der Waals surface area contributed by atoms with Crippen molar-refractivity contribution >= 4 is 22.9 Å². The summed E-state index contributed by atoms with van der Waals surface area (Å²) in [5.74, 6) is 0.278. The van der Waals surface area contributed by atoms with Crippen molar-refractivity contribution in [2.45, 2.75) is 26.2 Å². The predicted octanol–water partition coefficient (Wildman–Crippen LogP) is 3.89. The van der Waals surface area contributed by atoms with Gasteiger partial charge in [0.15, 0.2) is 0 Å². The van der Waals surface area contributed by atoms with E-state index in [0.717, 1.165) is 30.0 Å². The Morgan fingerprint density at radius 2 is 2.26 bits per heavy atom. The molecule has 4 heteroatoms. The number of benzene rings is 1. The second-order valence-electron chi connectivity index (χ2n) is 4.78. The molecule has 0 spiro atoms. The van der Waals surface area contributed by atoms with E-state index in [2.05, 4.69) is 11.1 Å². The van der Waals surface area contributed by atoms with E-state index < -0.39 is 0 Å². The maximum Gasteiger partial charge on any atom is 0.0797 e. The Morgan fingerprint density at radius 1 is 1.42 bits per heavy atom. The molecule has 19 heavy (non-hydrogen) atoms. The highest BCUT2D eigenvalue weighted by molar-refractivity contribution is 7.09. The minimum atomic E-state index is 0.213. The fourth-order valence-corrected chi connectivity index (χ4v) is 3.17. The summed E-state index contributed by atoms with van der Waals surface area (Å²) in [4.78, 5) is 5.58. The number of aliphatic hydroxyl groups excluding tert-OH is 1. The van der Waals surface area contributed by atoms with E-state index in [0.29, 0.717) is 0 Å². The molecule has 2 rings (SSSR count). The maximum atomic E-state index is 9.51. The third-order valence-corrected chi connectivity index (χ3v) is 4.53. The first-order chi connectivity index (χ1) is 9.19. The zero-order valence-electron chi connectivity index (χ0n) is 11.0. The van der Waals surface area contributed by atoms with Crippen LogP contribution in [-0.2, 0) is 12.8 Å². The van der Waals surface area contributed by atoms with E-state index >= 15 is 0 Å². The van der Waals surface area contributed by atoms with Gasteiger partial charge in [0.2, 0.25) is 0 Å². The minimum absolute atomic E-state index is 0.213. The smallest absolute Gasteiger partial charge is 0.0797 e.